The van der Waals surface area contributed by atoms with Gasteiger partial charge in [-0.1, -0.05) is 263 Å². The number of esters is 3. The van der Waals surface area contributed by atoms with Gasteiger partial charge in [0.05, 0.1) is 0 Å². The zero-order valence-electron chi connectivity index (χ0n) is 42.8. The molecule has 0 spiro atoms. The molecule has 0 N–H and O–H groups in total. The lowest BCUT2D eigenvalue weighted by Gasteiger charge is -2.18. The molecule has 0 saturated carbocycles. The van der Waals surface area contributed by atoms with Gasteiger partial charge in [-0.15, -0.1) is 0 Å². The van der Waals surface area contributed by atoms with E-state index in [1.54, 1.807) is 0 Å². The van der Waals surface area contributed by atoms with E-state index >= 15 is 0 Å². The minimum atomic E-state index is -0.776. The van der Waals surface area contributed by atoms with Gasteiger partial charge in [-0.25, -0.2) is 0 Å². The van der Waals surface area contributed by atoms with Crippen LogP contribution in [0.1, 0.15) is 297 Å². The van der Waals surface area contributed by atoms with Crippen LogP contribution >= 0.6 is 0 Å². The second-order valence-electron chi connectivity index (χ2n) is 18.8. The average molecular weight is 899 g/mol. The second kappa shape index (κ2) is 53.2. The quantitative estimate of drug-likeness (QED) is 0.0262. The maximum absolute atomic E-state index is 12.8. The normalized spacial score (nSPS) is 12.2. The van der Waals surface area contributed by atoms with Gasteiger partial charge in [0, 0.05) is 19.3 Å². The van der Waals surface area contributed by atoms with E-state index in [0.29, 0.717) is 19.3 Å². The van der Waals surface area contributed by atoms with Crippen LogP contribution in [0.3, 0.4) is 0 Å². The molecule has 0 aliphatic heterocycles. The Morgan fingerprint density at radius 1 is 0.328 bits per heavy atom. The largest absolute Gasteiger partial charge is 0.462 e. The molecule has 0 aliphatic rings. The molecule has 0 aliphatic carbocycles. The van der Waals surface area contributed by atoms with Crippen molar-refractivity contribution in [3.8, 4) is 0 Å². The van der Waals surface area contributed by atoms with Gasteiger partial charge in [0.15, 0.2) is 6.10 Å². The number of rotatable bonds is 51. The Bertz CT molecular complexity index is 1080. The van der Waals surface area contributed by atoms with E-state index in [-0.39, 0.29) is 31.1 Å². The van der Waals surface area contributed by atoms with E-state index in [4.69, 9.17) is 14.2 Å². The van der Waals surface area contributed by atoms with Crippen LogP contribution in [0.25, 0.3) is 0 Å². The van der Waals surface area contributed by atoms with Crippen molar-refractivity contribution in [2.75, 3.05) is 13.2 Å². The highest BCUT2D eigenvalue weighted by Gasteiger charge is 2.19. The lowest BCUT2D eigenvalue weighted by molar-refractivity contribution is -0.167. The van der Waals surface area contributed by atoms with Gasteiger partial charge in [0.25, 0.3) is 0 Å². The second-order valence-corrected chi connectivity index (χ2v) is 18.8. The van der Waals surface area contributed by atoms with Crippen molar-refractivity contribution in [2.24, 2.45) is 0 Å². The van der Waals surface area contributed by atoms with Gasteiger partial charge in [-0.2, -0.15) is 0 Å². The number of hydrogen-bond donors (Lipinski definition) is 0. The van der Waals surface area contributed by atoms with Crippen molar-refractivity contribution >= 4 is 17.9 Å². The predicted octanol–water partition coefficient (Wildman–Crippen LogP) is 18.5. The molecule has 64 heavy (non-hydrogen) atoms. The topological polar surface area (TPSA) is 78.9 Å². The van der Waals surface area contributed by atoms with Crippen molar-refractivity contribution in [1.82, 2.24) is 0 Å². The van der Waals surface area contributed by atoms with Gasteiger partial charge in [0.2, 0.25) is 0 Å². The van der Waals surface area contributed by atoms with Crippen LogP contribution in [0.5, 0.6) is 0 Å². The Morgan fingerprint density at radius 3 is 0.953 bits per heavy atom. The summed E-state index contributed by atoms with van der Waals surface area (Å²) >= 11 is 0. The van der Waals surface area contributed by atoms with Gasteiger partial charge < -0.3 is 14.2 Å². The standard InChI is InChI=1S/C58H106O6/c1-4-7-10-13-16-19-22-25-27-28-29-31-33-36-39-42-45-48-51-57(60)63-54-55(53-62-56(59)50-47-44-41-38-35-32-24-21-18-15-12-9-6-3)64-58(61)52-49-46-43-40-37-34-30-26-23-20-17-14-11-8-5-2/h8,11,17,20,26,30,55H,4-7,9-10,12-16,18-19,21-25,27-29,31-54H2,1-3H3/b11-8-,20-17-,30-26-. The van der Waals surface area contributed by atoms with E-state index in [2.05, 4.69) is 57.2 Å². The molecule has 0 fully saturated rings. The molecule has 0 aromatic heterocycles. The third kappa shape index (κ3) is 50.6. The van der Waals surface area contributed by atoms with E-state index in [0.717, 1.165) is 96.3 Å². The zero-order chi connectivity index (χ0) is 46.5. The number of unbranched alkanes of at least 4 members (excludes halogenated alkanes) is 34. The van der Waals surface area contributed by atoms with Gasteiger partial charge in [-0.3, -0.25) is 14.4 Å². The van der Waals surface area contributed by atoms with Crippen LogP contribution in [0.2, 0.25) is 0 Å². The summed E-state index contributed by atoms with van der Waals surface area (Å²) in [6, 6.07) is 0. The Morgan fingerprint density at radius 2 is 0.609 bits per heavy atom. The fraction of sp³-hybridized carbons (Fsp3) is 0.845. The first-order valence-corrected chi connectivity index (χ1v) is 28.0. The third-order valence-electron chi connectivity index (χ3n) is 12.4. The number of carbonyl (C=O) groups excluding carboxylic acids is 3. The molecule has 0 bridgehead atoms. The summed E-state index contributed by atoms with van der Waals surface area (Å²) in [4.78, 5) is 38.1. The van der Waals surface area contributed by atoms with Crippen LogP contribution in [-0.4, -0.2) is 37.2 Å². The molecule has 0 saturated heterocycles. The fourth-order valence-corrected chi connectivity index (χ4v) is 8.22. The number of ether oxygens (including phenoxy) is 3. The summed E-state index contributed by atoms with van der Waals surface area (Å²) in [6.45, 7) is 6.55. The molecule has 374 valence electrons. The molecule has 1 atom stereocenters. The summed E-state index contributed by atoms with van der Waals surface area (Å²) in [5.41, 5.74) is 0. The van der Waals surface area contributed by atoms with Gasteiger partial charge in [0.1, 0.15) is 13.2 Å². The predicted molar refractivity (Wildman–Crippen MR) is 275 cm³/mol. The van der Waals surface area contributed by atoms with Crippen LogP contribution in [0.4, 0.5) is 0 Å². The van der Waals surface area contributed by atoms with Gasteiger partial charge >= 0.3 is 17.9 Å². The summed E-state index contributed by atoms with van der Waals surface area (Å²) < 4.78 is 16.8. The zero-order valence-corrected chi connectivity index (χ0v) is 42.8. The number of allylic oxidation sites excluding steroid dienone is 6. The molecular weight excluding hydrogens is 793 g/mol. The molecule has 0 radical (unpaired) electrons. The highest BCUT2D eigenvalue weighted by Crippen LogP contribution is 2.17. The molecule has 0 aromatic carbocycles. The molecule has 0 heterocycles. The van der Waals surface area contributed by atoms with Crippen molar-refractivity contribution in [2.45, 2.75) is 303 Å². The van der Waals surface area contributed by atoms with Gasteiger partial charge in [-0.05, 0) is 51.4 Å². The van der Waals surface area contributed by atoms with E-state index in [9.17, 15) is 14.4 Å². The first kappa shape index (κ1) is 61.6. The molecule has 0 aromatic rings. The molecule has 6 heteroatoms. The summed E-state index contributed by atoms with van der Waals surface area (Å²) in [7, 11) is 0. The fourth-order valence-electron chi connectivity index (χ4n) is 8.22. The SMILES string of the molecule is CC/C=C\C/C=C\C/C=C\CCCCCCCC(=O)OC(COC(=O)CCCCCCCCCCCCCCC)COC(=O)CCCCCCCCCCCCCCCCCCCC. The highest BCUT2D eigenvalue weighted by atomic mass is 16.6. The van der Waals surface area contributed by atoms with Crippen molar-refractivity contribution in [3.63, 3.8) is 0 Å². The van der Waals surface area contributed by atoms with Crippen LogP contribution in [0.15, 0.2) is 36.5 Å². The lowest BCUT2D eigenvalue weighted by Crippen LogP contribution is -2.30. The van der Waals surface area contributed by atoms with Crippen molar-refractivity contribution in [1.29, 1.82) is 0 Å². The van der Waals surface area contributed by atoms with E-state index in [1.165, 1.54) is 161 Å². The first-order valence-electron chi connectivity index (χ1n) is 28.0. The number of carbonyl (C=O) groups is 3. The van der Waals surface area contributed by atoms with Crippen molar-refractivity contribution in [3.05, 3.63) is 36.5 Å². The smallest absolute Gasteiger partial charge is 0.306 e. The monoisotopic (exact) mass is 899 g/mol. The summed E-state index contributed by atoms with van der Waals surface area (Å²) in [6.07, 6.45) is 62.7. The van der Waals surface area contributed by atoms with Crippen LogP contribution in [-0.2, 0) is 28.6 Å². The minimum absolute atomic E-state index is 0.0745. The Balaban J connectivity index is 4.33. The van der Waals surface area contributed by atoms with Crippen molar-refractivity contribution < 1.29 is 28.6 Å². The summed E-state index contributed by atoms with van der Waals surface area (Å²) in [5.74, 6) is -0.874. The lowest BCUT2D eigenvalue weighted by atomic mass is 10.0. The highest BCUT2D eigenvalue weighted by molar-refractivity contribution is 5.71. The number of hydrogen-bond acceptors (Lipinski definition) is 6. The molecule has 6 nitrogen and oxygen atoms in total. The average Bonchev–Trinajstić information content (AvgIpc) is 3.29. The molecular formula is C58H106O6. The van der Waals surface area contributed by atoms with E-state index in [1.807, 2.05) is 0 Å². The summed E-state index contributed by atoms with van der Waals surface area (Å²) in [5, 5.41) is 0. The van der Waals surface area contributed by atoms with E-state index < -0.39 is 6.10 Å². The maximum atomic E-state index is 12.8. The molecule has 1 unspecified atom stereocenters. The van der Waals surface area contributed by atoms with Crippen LogP contribution < -0.4 is 0 Å². The van der Waals surface area contributed by atoms with Crippen LogP contribution in [0, 0.1) is 0 Å². The Hall–Kier alpha value is -2.37. The third-order valence-corrected chi connectivity index (χ3v) is 12.4. The molecule has 0 amide bonds. The Labute approximate surface area is 397 Å². The maximum Gasteiger partial charge on any atom is 0.306 e. The molecule has 0 rings (SSSR count). The Kier molecular flexibility index (Phi) is 51.3. The minimum Gasteiger partial charge on any atom is -0.462 e. The first-order chi connectivity index (χ1) is 31.5.